The van der Waals surface area contributed by atoms with Crippen molar-refractivity contribution in [2.24, 2.45) is 0 Å². The molecular weight excluding hydrogens is 220 g/mol. The maximum absolute atomic E-state index is 4.71. The van der Waals surface area contributed by atoms with Gasteiger partial charge in [-0.2, -0.15) is 0 Å². The van der Waals surface area contributed by atoms with Crippen molar-refractivity contribution in [3.8, 4) is 11.1 Å². The molecule has 3 rings (SSSR count). The fraction of sp³-hybridized carbons (Fsp3) is 0.375. The van der Waals surface area contributed by atoms with E-state index in [9.17, 15) is 0 Å². The van der Waals surface area contributed by atoms with E-state index in [1.165, 1.54) is 47.2 Å². The number of rotatable bonds is 2. The van der Waals surface area contributed by atoms with Crippen molar-refractivity contribution in [1.29, 1.82) is 0 Å². The zero-order valence-electron chi connectivity index (χ0n) is 11.0. The van der Waals surface area contributed by atoms with Crippen molar-refractivity contribution in [2.45, 2.75) is 39.0 Å². The molecule has 0 N–H and O–H groups in total. The molecule has 0 fully saturated rings. The molecule has 0 saturated carbocycles. The summed E-state index contributed by atoms with van der Waals surface area (Å²) < 4.78 is 0. The fourth-order valence-electron chi connectivity index (χ4n) is 2.84. The van der Waals surface area contributed by atoms with Crippen LogP contribution in [0.2, 0.25) is 0 Å². The molecule has 1 aliphatic rings. The van der Waals surface area contributed by atoms with E-state index < -0.39 is 0 Å². The van der Waals surface area contributed by atoms with Gasteiger partial charge in [0.25, 0.3) is 0 Å². The lowest BCUT2D eigenvalue weighted by Gasteiger charge is -2.16. The third-order valence-corrected chi connectivity index (χ3v) is 3.69. The lowest BCUT2D eigenvalue weighted by molar-refractivity contribution is 0.821. The summed E-state index contributed by atoms with van der Waals surface area (Å²) in [5.74, 6) is 0.457. The fourth-order valence-corrected chi connectivity index (χ4v) is 2.84. The Morgan fingerprint density at radius 1 is 1.11 bits per heavy atom. The summed E-state index contributed by atoms with van der Waals surface area (Å²) in [4.78, 5) is 8.82. The minimum atomic E-state index is 0.457. The van der Waals surface area contributed by atoms with Crippen LogP contribution in [0.5, 0.6) is 0 Å². The highest BCUT2D eigenvalue weighted by molar-refractivity contribution is 5.71. The first-order chi connectivity index (χ1) is 8.77. The maximum Gasteiger partial charge on any atom is 0.0510 e. The largest absolute Gasteiger partial charge is 0.265 e. The Balaban J connectivity index is 2.25. The number of hydrogen-bond acceptors (Lipinski definition) is 2. The first kappa shape index (κ1) is 11.4. The topological polar surface area (TPSA) is 25.8 Å². The second-order valence-electron chi connectivity index (χ2n) is 5.27. The minimum Gasteiger partial charge on any atom is -0.265 e. The second-order valence-corrected chi connectivity index (χ2v) is 5.27. The normalized spacial score (nSPS) is 13.9. The number of fused-ring (bicyclic) bond motifs is 1. The maximum atomic E-state index is 4.71. The van der Waals surface area contributed by atoms with Gasteiger partial charge in [0.2, 0.25) is 0 Å². The summed E-state index contributed by atoms with van der Waals surface area (Å²) in [6.07, 6.45) is 9.45. The van der Waals surface area contributed by atoms with E-state index in [-0.39, 0.29) is 0 Å². The molecule has 0 atom stereocenters. The van der Waals surface area contributed by atoms with Gasteiger partial charge in [0.1, 0.15) is 0 Å². The highest BCUT2D eigenvalue weighted by atomic mass is 14.7. The average molecular weight is 238 g/mol. The molecule has 2 aromatic heterocycles. The molecular formula is C16H18N2. The van der Waals surface area contributed by atoms with Crippen LogP contribution in [0.25, 0.3) is 11.1 Å². The van der Waals surface area contributed by atoms with Crippen LogP contribution in [0.3, 0.4) is 0 Å². The van der Waals surface area contributed by atoms with Crippen LogP contribution >= 0.6 is 0 Å². The van der Waals surface area contributed by atoms with E-state index in [0.29, 0.717) is 5.92 Å². The molecule has 0 aromatic carbocycles. The molecule has 2 heterocycles. The van der Waals surface area contributed by atoms with Gasteiger partial charge in [0, 0.05) is 24.2 Å². The summed E-state index contributed by atoms with van der Waals surface area (Å²) in [6.45, 7) is 4.43. The van der Waals surface area contributed by atoms with E-state index in [4.69, 9.17) is 4.98 Å². The molecule has 2 nitrogen and oxygen atoms in total. The van der Waals surface area contributed by atoms with Gasteiger partial charge >= 0.3 is 0 Å². The van der Waals surface area contributed by atoms with Crippen LogP contribution in [0, 0.1) is 0 Å². The summed E-state index contributed by atoms with van der Waals surface area (Å²) in [5, 5.41) is 0. The SMILES string of the molecule is CC(C)c1ncc2c(c1-c1ccncc1)CCC2. The Hall–Kier alpha value is -1.70. The molecule has 0 saturated heterocycles. The van der Waals surface area contributed by atoms with E-state index in [2.05, 4.69) is 37.2 Å². The second kappa shape index (κ2) is 4.52. The van der Waals surface area contributed by atoms with Gasteiger partial charge in [-0.05, 0) is 54.0 Å². The van der Waals surface area contributed by atoms with Gasteiger partial charge < -0.3 is 0 Å². The van der Waals surface area contributed by atoms with Crippen molar-refractivity contribution >= 4 is 0 Å². The van der Waals surface area contributed by atoms with E-state index in [1.807, 2.05) is 12.4 Å². The number of hydrogen-bond donors (Lipinski definition) is 0. The van der Waals surface area contributed by atoms with Crippen LogP contribution < -0.4 is 0 Å². The molecule has 92 valence electrons. The van der Waals surface area contributed by atoms with Gasteiger partial charge in [-0.1, -0.05) is 13.8 Å². The Kier molecular flexibility index (Phi) is 2.86. The number of aryl methyl sites for hydroxylation is 1. The van der Waals surface area contributed by atoms with Crippen molar-refractivity contribution in [3.05, 3.63) is 47.5 Å². The smallest absolute Gasteiger partial charge is 0.0510 e. The monoisotopic (exact) mass is 238 g/mol. The van der Waals surface area contributed by atoms with Crippen molar-refractivity contribution < 1.29 is 0 Å². The molecule has 1 aliphatic carbocycles. The Morgan fingerprint density at radius 2 is 1.89 bits per heavy atom. The lowest BCUT2D eigenvalue weighted by Crippen LogP contribution is -2.01. The molecule has 2 aromatic rings. The van der Waals surface area contributed by atoms with Crippen LogP contribution in [0.15, 0.2) is 30.7 Å². The van der Waals surface area contributed by atoms with Crippen LogP contribution in [0.1, 0.15) is 43.0 Å². The number of aromatic nitrogens is 2. The molecule has 0 radical (unpaired) electrons. The predicted octanol–water partition coefficient (Wildman–Crippen LogP) is 3.76. The summed E-state index contributed by atoms with van der Waals surface area (Å²) in [6, 6.07) is 4.20. The van der Waals surface area contributed by atoms with Crippen LogP contribution in [-0.4, -0.2) is 9.97 Å². The molecule has 18 heavy (non-hydrogen) atoms. The Morgan fingerprint density at radius 3 is 2.61 bits per heavy atom. The molecule has 0 unspecified atom stereocenters. The third kappa shape index (κ3) is 1.82. The van der Waals surface area contributed by atoms with Crippen LogP contribution in [0.4, 0.5) is 0 Å². The quantitative estimate of drug-likeness (QED) is 0.796. The van der Waals surface area contributed by atoms with Crippen LogP contribution in [-0.2, 0) is 12.8 Å². The Labute approximate surface area is 108 Å². The average Bonchev–Trinajstić information content (AvgIpc) is 2.86. The molecule has 0 bridgehead atoms. The predicted molar refractivity (Wildman–Crippen MR) is 73.6 cm³/mol. The van der Waals surface area contributed by atoms with Gasteiger partial charge in [-0.3, -0.25) is 9.97 Å². The molecule has 0 spiro atoms. The van der Waals surface area contributed by atoms with Crippen molar-refractivity contribution in [1.82, 2.24) is 9.97 Å². The molecule has 2 heteroatoms. The van der Waals surface area contributed by atoms with Gasteiger partial charge in [0.15, 0.2) is 0 Å². The number of pyridine rings is 2. The summed E-state index contributed by atoms with van der Waals surface area (Å²) >= 11 is 0. The van der Waals surface area contributed by atoms with Gasteiger partial charge in [-0.15, -0.1) is 0 Å². The van der Waals surface area contributed by atoms with Gasteiger partial charge in [0.05, 0.1) is 5.69 Å². The third-order valence-electron chi connectivity index (χ3n) is 3.69. The zero-order valence-corrected chi connectivity index (χ0v) is 11.0. The highest BCUT2D eigenvalue weighted by Crippen LogP contribution is 2.36. The summed E-state index contributed by atoms with van der Waals surface area (Å²) in [7, 11) is 0. The lowest BCUT2D eigenvalue weighted by atomic mass is 9.92. The van der Waals surface area contributed by atoms with Crippen molar-refractivity contribution in [3.63, 3.8) is 0 Å². The standard InChI is InChI=1S/C16H18N2/c1-11(2)16-15(12-6-8-17-9-7-12)14-5-3-4-13(14)10-18-16/h6-11H,3-5H2,1-2H3. The van der Waals surface area contributed by atoms with E-state index >= 15 is 0 Å². The number of nitrogens with zero attached hydrogens (tertiary/aromatic N) is 2. The van der Waals surface area contributed by atoms with Gasteiger partial charge in [-0.25, -0.2) is 0 Å². The molecule has 0 aliphatic heterocycles. The first-order valence-corrected chi connectivity index (χ1v) is 6.68. The highest BCUT2D eigenvalue weighted by Gasteiger charge is 2.21. The minimum absolute atomic E-state index is 0.457. The van der Waals surface area contributed by atoms with E-state index in [0.717, 1.165) is 0 Å². The Bertz CT molecular complexity index is 559. The van der Waals surface area contributed by atoms with Crippen molar-refractivity contribution in [2.75, 3.05) is 0 Å². The zero-order chi connectivity index (χ0) is 12.5. The van der Waals surface area contributed by atoms with E-state index in [1.54, 1.807) is 0 Å². The molecule has 0 amide bonds. The first-order valence-electron chi connectivity index (χ1n) is 6.68. The summed E-state index contributed by atoms with van der Waals surface area (Å²) in [5.41, 5.74) is 6.80.